The Morgan fingerprint density at radius 3 is 2.43 bits per heavy atom. The third-order valence-corrected chi connectivity index (χ3v) is 5.03. The van der Waals surface area contributed by atoms with Crippen molar-refractivity contribution in [2.45, 2.75) is 37.8 Å². The number of hydrogen-bond donors (Lipinski definition) is 1. The van der Waals surface area contributed by atoms with Crippen LogP contribution in [0.15, 0.2) is 30.3 Å². The van der Waals surface area contributed by atoms with E-state index < -0.39 is 0 Å². The van der Waals surface area contributed by atoms with Crippen molar-refractivity contribution in [2.24, 2.45) is 0 Å². The fraction of sp³-hybridized carbons (Fsp3) is 0.556. The summed E-state index contributed by atoms with van der Waals surface area (Å²) in [5.41, 5.74) is 0.741. The molecule has 0 bridgehead atoms. The maximum Gasteiger partial charge on any atom is 0.253 e. The number of carbonyl (C=O) groups is 2. The van der Waals surface area contributed by atoms with Crippen molar-refractivity contribution in [1.82, 2.24) is 15.1 Å². The second-order valence-corrected chi connectivity index (χ2v) is 6.49. The van der Waals surface area contributed by atoms with E-state index in [0.717, 1.165) is 37.8 Å². The minimum Gasteiger partial charge on any atom is -0.341 e. The number of benzene rings is 1. The first-order valence-electron chi connectivity index (χ1n) is 8.51. The van der Waals surface area contributed by atoms with E-state index in [9.17, 15) is 9.59 Å². The predicted octanol–water partition coefficient (Wildman–Crippen LogP) is 1.50. The molecule has 2 amide bonds. The summed E-state index contributed by atoms with van der Waals surface area (Å²) in [5, 5.41) is 3.27. The van der Waals surface area contributed by atoms with Crippen LogP contribution in [-0.2, 0) is 4.79 Å². The van der Waals surface area contributed by atoms with Gasteiger partial charge in [0.1, 0.15) is 0 Å². The fourth-order valence-electron chi connectivity index (χ4n) is 3.54. The Morgan fingerprint density at radius 2 is 1.83 bits per heavy atom. The van der Waals surface area contributed by atoms with Crippen LogP contribution in [0.4, 0.5) is 0 Å². The van der Waals surface area contributed by atoms with Crippen molar-refractivity contribution in [3.8, 4) is 0 Å². The van der Waals surface area contributed by atoms with Crippen LogP contribution in [0, 0.1) is 0 Å². The SMILES string of the molecule is CN(C(=O)C1CCCN1)C1CCN(C(=O)c2ccccc2)CC1. The van der Waals surface area contributed by atoms with Gasteiger partial charge in [-0.2, -0.15) is 0 Å². The van der Waals surface area contributed by atoms with Gasteiger partial charge in [-0.05, 0) is 44.4 Å². The minimum absolute atomic E-state index is 0.0102. The first-order chi connectivity index (χ1) is 11.2. The number of piperidine rings is 1. The van der Waals surface area contributed by atoms with Crippen molar-refractivity contribution in [3.05, 3.63) is 35.9 Å². The number of likely N-dealkylation sites (tertiary alicyclic amines) is 1. The Labute approximate surface area is 137 Å². The van der Waals surface area contributed by atoms with Gasteiger partial charge in [0.15, 0.2) is 0 Å². The van der Waals surface area contributed by atoms with Crippen molar-refractivity contribution in [3.63, 3.8) is 0 Å². The molecule has 0 aromatic heterocycles. The lowest BCUT2D eigenvalue weighted by atomic mass is 10.0. The van der Waals surface area contributed by atoms with Crippen LogP contribution < -0.4 is 5.32 Å². The van der Waals surface area contributed by atoms with Gasteiger partial charge in [0.05, 0.1) is 6.04 Å². The molecule has 5 heteroatoms. The molecule has 124 valence electrons. The van der Waals surface area contributed by atoms with Gasteiger partial charge in [0, 0.05) is 31.7 Å². The summed E-state index contributed by atoms with van der Waals surface area (Å²) < 4.78 is 0. The summed E-state index contributed by atoms with van der Waals surface area (Å²) >= 11 is 0. The van der Waals surface area contributed by atoms with E-state index in [-0.39, 0.29) is 23.9 Å². The van der Waals surface area contributed by atoms with E-state index in [1.165, 1.54) is 0 Å². The van der Waals surface area contributed by atoms with E-state index in [0.29, 0.717) is 13.1 Å². The molecule has 3 rings (SSSR count). The maximum atomic E-state index is 12.5. The summed E-state index contributed by atoms with van der Waals surface area (Å²) in [7, 11) is 1.90. The molecule has 23 heavy (non-hydrogen) atoms. The third kappa shape index (κ3) is 3.55. The molecule has 0 aliphatic carbocycles. The van der Waals surface area contributed by atoms with Crippen LogP contribution in [0.25, 0.3) is 0 Å². The molecular weight excluding hydrogens is 290 g/mol. The number of hydrogen-bond acceptors (Lipinski definition) is 3. The molecule has 0 radical (unpaired) electrons. The number of likely N-dealkylation sites (N-methyl/N-ethyl adjacent to an activating group) is 1. The molecule has 0 spiro atoms. The number of nitrogens with one attached hydrogen (secondary N) is 1. The summed E-state index contributed by atoms with van der Waals surface area (Å²) in [6.45, 7) is 2.37. The highest BCUT2D eigenvalue weighted by atomic mass is 16.2. The zero-order valence-corrected chi connectivity index (χ0v) is 13.7. The Morgan fingerprint density at radius 1 is 1.13 bits per heavy atom. The molecule has 1 unspecified atom stereocenters. The summed E-state index contributed by atoms with van der Waals surface area (Å²) in [6.07, 6.45) is 3.73. The van der Waals surface area contributed by atoms with Crippen molar-refractivity contribution >= 4 is 11.8 Å². The highest BCUT2D eigenvalue weighted by molar-refractivity contribution is 5.94. The van der Waals surface area contributed by atoms with E-state index in [1.807, 2.05) is 47.2 Å². The average Bonchev–Trinajstić information content (AvgIpc) is 3.15. The van der Waals surface area contributed by atoms with Crippen LogP contribution in [0.1, 0.15) is 36.0 Å². The largest absolute Gasteiger partial charge is 0.341 e. The molecular formula is C18H25N3O2. The lowest BCUT2D eigenvalue weighted by molar-refractivity contribution is -0.134. The number of carbonyl (C=O) groups excluding carboxylic acids is 2. The number of nitrogens with zero attached hydrogens (tertiary/aromatic N) is 2. The second-order valence-electron chi connectivity index (χ2n) is 6.49. The second kappa shape index (κ2) is 7.13. The molecule has 2 aliphatic rings. The lowest BCUT2D eigenvalue weighted by Crippen LogP contribution is -2.51. The van der Waals surface area contributed by atoms with Gasteiger partial charge in [-0.25, -0.2) is 0 Å². The Hall–Kier alpha value is -1.88. The maximum absolute atomic E-state index is 12.5. The van der Waals surface area contributed by atoms with Crippen molar-refractivity contribution < 1.29 is 9.59 Å². The van der Waals surface area contributed by atoms with E-state index in [2.05, 4.69) is 5.32 Å². The summed E-state index contributed by atoms with van der Waals surface area (Å²) in [6, 6.07) is 9.64. The minimum atomic E-state index is -0.0102. The standard InChI is InChI=1S/C18H25N3O2/c1-20(18(23)16-8-5-11-19-16)15-9-12-21(13-10-15)17(22)14-6-3-2-4-7-14/h2-4,6-7,15-16,19H,5,8-13H2,1H3. The first kappa shape index (κ1) is 16.0. The van der Waals surface area contributed by atoms with Gasteiger partial charge in [0.25, 0.3) is 5.91 Å². The van der Waals surface area contributed by atoms with E-state index in [4.69, 9.17) is 0 Å². The fourth-order valence-corrected chi connectivity index (χ4v) is 3.54. The monoisotopic (exact) mass is 315 g/mol. The van der Waals surface area contributed by atoms with Crippen LogP contribution in [0.2, 0.25) is 0 Å². The van der Waals surface area contributed by atoms with Crippen LogP contribution in [0.5, 0.6) is 0 Å². The third-order valence-electron chi connectivity index (χ3n) is 5.03. The zero-order valence-electron chi connectivity index (χ0n) is 13.7. The molecule has 5 nitrogen and oxygen atoms in total. The smallest absolute Gasteiger partial charge is 0.253 e. The topological polar surface area (TPSA) is 52.7 Å². The van der Waals surface area contributed by atoms with E-state index >= 15 is 0 Å². The van der Waals surface area contributed by atoms with Crippen LogP contribution >= 0.6 is 0 Å². The van der Waals surface area contributed by atoms with E-state index in [1.54, 1.807) is 0 Å². The van der Waals surface area contributed by atoms with Gasteiger partial charge in [-0.3, -0.25) is 9.59 Å². The molecule has 2 heterocycles. The van der Waals surface area contributed by atoms with Gasteiger partial charge in [-0.1, -0.05) is 18.2 Å². The molecule has 0 saturated carbocycles. The molecule has 1 aromatic rings. The molecule has 2 fully saturated rings. The molecule has 1 atom stereocenters. The predicted molar refractivity (Wildman–Crippen MR) is 89.2 cm³/mol. The van der Waals surface area contributed by atoms with Gasteiger partial charge in [-0.15, -0.1) is 0 Å². The Bertz CT molecular complexity index is 547. The first-order valence-corrected chi connectivity index (χ1v) is 8.51. The van der Waals surface area contributed by atoms with Crippen LogP contribution in [0.3, 0.4) is 0 Å². The Balaban J connectivity index is 1.53. The highest BCUT2D eigenvalue weighted by Crippen LogP contribution is 2.19. The highest BCUT2D eigenvalue weighted by Gasteiger charge is 2.31. The summed E-state index contributed by atoms with van der Waals surface area (Å²) in [4.78, 5) is 28.7. The lowest BCUT2D eigenvalue weighted by Gasteiger charge is -2.37. The van der Waals surface area contributed by atoms with Crippen LogP contribution in [-0.4, -0.2) is 60.4 Å². The normalized spacial score (nSPS) is 22.1. The molecule has 1 aromatic carbocycles. The Kier molecular flexibility index (Phi) is 4.96. The van der Waals surface area contributed by atoms with Crippen molar-refractivity contribution in [1.29, 1.82) is 0 Å². The molecule has 1 N–H and O–H groups in total. The molecule has 2 saturated heterocycles. The van der Waals surface area contributed by atoms with Gasteiger partial charge < -0.3 is 15.1 Å². The van der Waals surface area contributed by atoms with Gasteiger partial charge >= 0.3 is 0 Å². The number of amides is 2. The average molecular weight is 315 g/mol. The zero-order chi connectivity index (χ0) is 16.2. The number of rotatable bonds is 3. The quantitative estimate of drug-likeness (QED) is 0.920. The summed E-state index contributed by atoms with van der Waals surface area (Å²) in [5.74, 6) is 0.297. The van der Waals surface area contributed by atoms with Gasteiger partial charge in [0.2, 0.25) is 5.91 Å². The molecule has 2 aliphatic heterocycles. The van der Waals surface area contributed by atoms with Crippen molar-refractivity contribution in [2.75, 3.05) is 26.7 Å².